The number of nitrogens with one attached hydrogen (secondary N) is 2. The molecule has 0 aliphatic rings. The number of nitrogens with zero attached hydrogens (tertiary/aromatic N) is 1. The van der Waals surface area contributed by atoms with Crippen LogP contribution in [0.4, 0.5) is 11.4 Å². The minimum Gasteiger partial charge on any atom is -0.595 e. The summed E-state index contributed by atoms with van der Waals surface area (Å²) in [6, 6.07) is 3.20. The number of methoxy groups -OCH3 is 1. The van der Waals surface area contributed by atoms with Crippen molar-refractivity contribution in [3.05, 3.63) is 29.0 Å². The minimum absolute atomic E-state index is 0.0180. The number of quaternary nitrogens is 1. The van der Waals surface area contributed by atoms with Gasteiger partial charge in [0, 0.05) is 26.2 Å². The number of anilines is 1. The number of rotatable bonds is 9. The zero-order valence-electron chi connectivity index (χ0n) is 16.6. The molecular weight excluding hydrogens is 370 g/mol. The SMILES string of the molecule is COC(=O)[C@@H](CC(C)C)NC(=O)COC(=O)c1cc([NH+]([O-])O)ccc1N(C)C. The van der Waals surface area contributed by atoms with E-state index in [1.54, 1.807) is 19.0 Å². The summed E-state index contributed by atoms with van der Waals surface area (Å²) in [5.41, 5.74) is 0.386. The number of esters is 2. The molecule has 0 radical (unpaired) electrons. The van der Waals surface area contributed by atoms with E-state index >= 15 is 0 Å². The quantitative estimate of drug-likeness (QED) is 0.392. The van der Waals surface area contributed by atoms with E-state index in [9.17, 15) is 19.6 Å². The molecule has 1 rings (SSSR count). The lowest BCUT2D eigenvalue weighted by atomic mass is 10.0. The van der Waals surface area contributed by atoms with Crippen LogP contribution in [0.25, 0.3) is 0 Å². The molecule has 156 valence electrons. The first-order valence-corrected chi connectivity index (χ1v) is 8.65. The van der Waals surface area contributed by atoms with Crippen LogP contribution >= 0.6 is 0 Å². The molecular formula is C18H27N3O7. The number of amides is 1. The van der Waals surface area contributed by atoms with Crippen molar-refractivity contribution in [1.29, 1.82) is 0 Å². The molecule has 0 aliphatic heterocycles. The Bertz CT molecular complexity index is 704. The van der Waals surface area contributed by atoms with Crippen LogP contribution in [-0.4, -0.2) is 56.9 Å². The van der Waals surface area contributed by atoms with Gasteiger partial charge in [-0.05, 0) is 18.4 Å². The molecule has 3 N–H and O–H groups in total. The molecule has 10 nitrogen and oxygen atoms in total. The van der Waals surface area contributed by atoms with E-state index < -0.39 is 35.7 Å². The topological polar surface area (TPSA) is 133 Å². The molecule has 1 aromatic carbocycles. The van der Waals surface area contributed by atoms with Gasteiger partial charge >= 0.3 is 11.9 Å². The molecule has 0 bridgehead atoms. The van der Waals surface area contributed by atoms with E-state index in [4.69, 9.17) is 9.94 Å². The largest absolute Gasteiger partial charge is 0.595 e. The van der Waals surface area contributed by atoms with Crippen molar-refractivity contribution in [3.8, 4) is 0 Å². The molecule has 28 heavy (non-hydrogen) atoms. The zero-order valence-corrected chi connectivity index (χ0v) is 16.6. The number of hydrogen-bond donors (Lipinski definition) is 3. The summed E-state index contributed by atoms with van der Waals surface area (Å²) >= 11 is 0. The number of carbonyl (C=O) groups excluding carboxylic acids is 3. The lowest BCUT2D eigenvalue weighted by Gasteiger charge is -2.20. The minimum atomic E-state index is -1.19. The van der Waals surface area contributed by atoms with Crippen LogP contribution in [0, 0.1) is 11.1 Å². The van der Waals surface area contributed by atoms with Crippen molar-refractivity contribution in [2.24, 2.45) is 5.92 Å². The van der Waals surface area contributed by atoms with Crippen LogP contribution in [0.1, 0.15) is 30.6 Å². The standard InChI is InChI=1S/C18H27N3O7/c1-11(2)8-14(18(24)27-5)19-16(22)10-28-17(23)13-9-12(21(25)26)6-7-15(13)20(3)4/h6-7,9,11,14,21,25H,8,10H2,1-5H3,(H,19,22)/t14-/m1/s1. The highest BCUT2D eigenvalue weighted by molar-refractivity contribution is 5.98. The summed E-state index contributed by atoms with van der Waals surface area (Å²) in [5, 5.41) is 21.6. The van der Waals surface area contributed by atoms with Crippen molar-refractivity contribution in [3.63, 3.8) is 0 Å². The average Bonchev–Trinajstić information content (AvgIpc) is 2.63. The molecule has 0 aromatic heterocycles. The van der Waals surface area contributed by atoms with Gasteiger partial charge < -0.3 is 24.9 Å². The van der Waals surface area contributed by atoms with E-state index in [-0.39, 0.29) is 17.2 Å². The van der Waals surface area contributed by atoms with Gasteiger partial charge in [0.1, 0.15) is 6.04 Å². The average molecular weight is 397 g/mol. The first kappa shape index (κ1) is 23.3. The Hall–Kier alpha value is -2.69. The zero-order chi connectivity index (χ0) is 21.4. The van der Waals surface area contributed by atoms with Gasteiger partial charge in [-0.3, -0.25) is 4.79 Å². The Morgan fingerprint density at radius 3 is 2.43 bits per heavy atom. The van der Waals surface area contributed by atoms with Crippen LogP contribution < -0.4 is 15.4 Å². The summed E-state index contributed by atoms with van der Waals surface area (Å²) in [6.45, 7) is 3.16. The van der Waals surface area contributed by atoms with E-state index in [0.717, 1.165) is 0 Å². The van der Waals surface area contributed by atoms with Crippen LogP contribution in [0.5, 0.6) is 0 Å². The molecule has 0 saturated heterocycles. The molecule has 0 saturated carbocycles. The normalized spacial score (nSPS) is 12.9. The third-order valence-corrected chi connectivity index (χ3v) is 3.81. The van der Waals surface area contributed by atoms with Crippen molar-refractivity contribution < 1.29 is 34.3 Å². The number of carbonyl (C=O) groups is 3. The third kappa shape index (κ3) is 6.80. The third-order valence-electron chi connectivity index (χ3n) is 3.81. The summed E-state index contributed by atoms with van der Waals surface area (Å²) in [5.74, 6) is -1.96. The lowest BCUT2D eigenvalue weighted by molar-refractivity contribution is -0.991. The van der Waals surface area contributed by atoms with Crippen molar-refractivity contribution in [1.82, 2.24) is 5.32 Å². The van der Waals surface area contributed by atoms with Crippen molar-refractivity contribution in [2.45, 2.75) is 26.3 Å². The second-order valence-corrected chi connectivity index (χ2v) is 6.78. The molecule has 2 atom stereocenters. The van der Waals surface area contributed by atoms with Gasteiger partial charge in [-0.15, -0.1) is 0 Å². The van der Waals surface area contributed by atoms with E-state index in [2.05, 4.69) is 10.1 Å². The predicted molar refractivity (Wildman–Crippen MR) is 100 cm³/mol. The van der Waals surface area contributed by atoms with Crippen molar-refractivity contribution >= 4 is 29.2 Å². The number of hydrogen-bond acceptors (Lipinski definition) is 8. The highest BCUT2D eigenvalue weighted by Crippen LogP contribution is 2.22. The fraction of sp³-hybridized carbons (Fsp3) is 0.500. The second-order valence-electron chi connectivity index (χ2n) is 6.78. The molecule has 1 amide bonds. The Balaban J connectivity index is 2.84. The molecule has 1 aromatic rings. The van der Waals surface area contributed by atoms with Gasteiger partial charge in [0.2, 0.25) is 0 Å². The Kier molecular flexibility index (Phi) is 8.83. The summed E-state index contributed by atoms with van der Waals surface area (Å²) in [6.07, 6.45) is 0.373. The van der Waals surface area contributed by atoms with Crippen LogP contribution in [0.3, 0.4) is 0 Å². The van der Waals surface area contributed by atoms with E-state index in [1.807, 2.05) is 13.8 Å². The molecule has 10 heteroatoms. The van der Waals surface area contributed by atoms with Crippen molar-refractivity contribution in [2.75, 3.05) is 32.7 Å². The van der Waals surface area contributed by atoms with Gasteiger partial charge in [-0.25, -0.2) is 14.8 Å². The summed E-state index contributed by atoms with van der Waals surface area (Å²) < 4.78 is 9.68. The maximum absolute atomic E-state index is 12.4. The van der Waals surface area contributed by atoms with Crippen LogP contribution in [0.15, 0.2) is 18.2 Å². The van der Waals surface area contributed by atoms with Crippen LogP contribution in [0.2, 0.25) is 0 Å². The fourth-order valence-electron chi connectivity index (χ4n) is 2.50. The first-order chi connectivity index (χ1) is 13.1. The second kappa shape index (κ2) is 10.6. The summed E-state index contributed by atoms with van der Waals surface area (Å²) in [4.78, 5) is 37.9. The van der Waals surface area contributed by atoms with E-state index in [1.165, 1.54) is 25.3 Å². The van der Waals surface area contributed by atoms with Gasteiger partial charge in [0.15, 0.2) is 12.3 Å². The molecule has 0 fully saturated rings. The monoisotopic (exact) mass is 397 g/mol. The van der Waals surface area contributed by atoms with Crippen LogP contribution in [-0.2, 0) is 19.1 Å². The molecule has 0 aliphatic carbocycles. The van der Waals surface area contributed by atoms with E-state index in [0.29, 0.717) is 12.1 Å². The molecule has 1 unspecified atom stereocenters. The number of benzene rings is 1. The Labute approximate surface area is 163 Å². The fourth-order valence-corrected chi connectivity index (χ4v) is 2.50. The Morgan fingerprint density at radius 1 is 1.29 bits per heavy atom. The Morgan fingerprint density at radius 2 is 1.93 bits per heavy atom. The van der Waals surface area contributed by atoms with Gasteiger partial charge in [0.25, 0.3) is 5.91 Å². The van der Waals surface area contributed by atoms with Gasteiger partial charge in [-0.2, -0.15) is 5.23 Å². The molecule has 0 heterocycles. The summed E-state index contributed by atoms with van der Waals surface area (Å²) in [7, 11) is 4.60. The lowest BCUT2D eigenvalue weighted by Crippen LogP contribution is -2.99. The number of ether oxygens (including phenoxy) is 2. The maximum Gasteiger partial charge on any atom is 0.340 e. The van der Waals surface area contributed by atoms with Gasteiger partial charge in [-0.1, -0.05) is 13.8 Å². The smallest absolute Gasteiger partial charge is 0.340 e. The van der Waals surface area contributed by atoms with Gasteiger partial charge in [0.05, 0.1) is 18.4 Å². The maximum atomic E-state index is 12.4. The first-order valence-electron chi connectivity index (χ1n) is 8.65. The highest BCUT2D eigenvalue weighted by atomic mass is 16.8. The highest BCUT2D eigenvalue weighted by Gasteiger charge is 2.24. The molecule has 0 spiro atoms. The predicted octanol–water partition coefficient (Wildman–Crippen LogP) is 0.0167.